The monoisotopic (exact) mass is 965 g/mol. The summed E-state index contributed by atoms with van der Waals surface area (Å²) in [5.74, 6) is -1.86. The first kappa shape index (κ1) is 48.8. The molecule has 0 spiro atoms. The van der Waals surface area contributed by atoms with E-state index >= 15 is 0 Å². The number of pyridine rings is 2. The van der Waals surface area contributed by atoms with Gasteiger partial charge in [0.05, 0.1) is 29.8 Å². The molecular weight excluding hydrogens is 923 g/mol. The van der Waals surface area contributed by atoms with Crippen LogP contribution in [0, 0.1) is 5.82 Å². The molecule has 27 heteroatoms. The van der Waals surface area contributed by atoms with E-state index in [0.717, 1.165) is 18.3 Å². The van der Waals surface area contributed by atoms with E-state index in [1.54, 1.807) is 13.8 Å². The SMILES string of the molecule is CC(C)OC(=O)Oc1ccccc1C1OP(=O)(O)C(O)(Cc2cncc(CC(C)OC(O)Oc3cc(F)ccc3C3OP(=O)(O)C(O)(Cc4cccnc4)P(=O)(O)O3)c2)[P+](O)(O)O1. The molecule has 22 nitrogen and oxygen atoms in total. The first-order valence-corrected chi connectivity index (χ1v) is 24.8. The van der Waals surface area contributed by atoms with Crippen molar-refractivity contribution in [2.45, 2.75) is 81.5 Å². The average molecular weight is 966 g/mol. The first-order valence-electron chi connectivity index (χ1n) is 18.5. The van der Waals surface area contributed by atoms with Crippen molar-refractivity contribution in [1.29, 1.82) is 0 Å². The maximum absolute atomic E-state index is 14.4. The summed E-state index contributed by atoms with van der Waals surface area (Å²) in [5.41, 5.74) is -0.326. The molecule has 2 aromatic heterocycles. The third-order valence-corrected chi connectivity index (χ3v) is 18.5. The fraction of sp³-hybridized carbons (Fsp3) is 0.361. The van der Waals surface area contributed by atoms with Crippen LogP contribution in [0.4, 0.5) is 9.18 Å². The van der Waals surface area contributed by atoms with E-state index in [1.807, 2.05) is 0 Å². The molecule has 7 atom stereocenters. The number of halogens is 1. The number of aliphatic hydroxyl groups excluding tert-OH is 1. The minimum absolute atomic E-state index is 0.0295. The zero-order valence-corrected chi connectivity index (χ0v) is 36.7. The van der Waals surface area contributed by atoms with Crippen LogP contribution in [0.25, 0.3) is 0 Å². The number of benzene rings is 2. The molecule has 0 bridgehead atoms. The highest BCUT2D eigenvalue weighted by Gasteiger charge is 2.77. The average Bonchev–Trinajstić information content (AvgIpc) is 3.16. The van der Waals surface area contributed by atoms with E-state index in [-0.39, 0.29) is 28.9 Å². The van der Waals surface area contributed by atoms with Gasteiger partial charge in [-0.2, -0.15) is 9.79 Å². The molecule has 2 aromatic carbocycles. The lowest BCUT2D eigenvalue weighted by molar-refractivity contribution is -0.237. The number of aromatic nitrogens is 2. The predicted molar refractivity (Wildman–Crippen MR) is 212 cm³/mol. The Morgan fingerprint density at radius 3 is 2.10 bits per heavy atom. The third-order valence-electron chi connectivity index (χ3n) is 9.27. The van der Waals surface area contributed by atoms with Crippen molar-refractivity contribution in [3.8, 4) is 11.5 Å². The van der Waals surface area contributed by atoms with E-state index in [9.17, 15) is 62.7 Å². The molecular formula is C36H42FN2O20P4+. The summed E-state index contributed by atoms with van der Waals surface area (Å²) >= 11 is 0. The molecule has 7 unspecified atom stereocenters. The molecule has 2 fully saturated rings. The van der Waals surface area contributed by atoms with Crippen molar-refractivity contribution in [1.82, 2.24) is 9.97 Å². The molecule has 0 saturated carbocycles. The van der Waals surface area contributed by atoms with Crippen LogP contribution in [0.2, 0.25) is 0 Å². The molecule has 0 aliphatic carbocycles. The number of aliphatic hydroxyl groups is 3. The predicted octanol–water partition coefficient (Wildman–Crippen LogP) is 5.01. The van der Waals surface area contributed by atoms with Gasteiger partial charge in [0.2, 0.25) is 12.6 Å². The summed E-state index contributed by atoms with van der Waals surface area (Å²) in [6, 6.07) is 11.9. The number of carbonyl (C=O) groups is 1. The van der Waals surface area contributed by atoms with Gasteiger partial charge in [-0.3, -0.25) is 37.2 Å². The Labute approximate surface area is 357 Å². The normalized spacial score (nSPS) is 30.3. The van der Waals surface area contributed by atoms with E-state index in [2.05, 4.69) is 9.97 Å². The number of hydrogen-bond donors (Lipinski definition) is 8. The van der Waals surface area contributed by atoms with Gasteiger partial charge in [0.1, 0.15) is 17.3 Å². The number of hydrogen-bond acceptors (Lipinski definition) is 19. The smallest absolute Gasteiger partial charge is 0.441 e. The van der Waals surface area contributed by atoms with Crippen LogP contribution in [0.1, 0.15) is 61.2 Å². The van der Waals surface area contributed by atoms with Gasteiger partial charge in [0, 0.05) is 43.7 Å². The maximum atomic E-state index is 14.4. The second-order valence-electron chi connectivity index (χ2n) is 14.5. The van der Waals surface area contributed by atoms with Crippen LogP contribution in [-0.2, 0) is 60.5 Å². The van der Waals surface area contributed by atoms with Crippen LogP contribution in [0.5, 0.6) is 11.5 Å². The zero-order chi connectivity index (χ0) is 46.2. The minimum Gasteiger partial charge on any atom is -0.441 e. The van der Waals surface area contributed by atoms with Gasteiger partial charge in [0.15, 0.2) is 0 Å². The van der Waals surface area contributed by atoms with Gasteiger partial charge in [0.25, 0.3) is 5.08 Å². The van der Waals surface area contributed by atoms with Crippen LogP contribution < -0.4 is 9.47 Å². The zero-order valence-electron chi connectivity index (χ0n) is 33.1. The number of para-hydroxylation sites is 1. The molecule has 6 rings (SSSR count). The molecule has 342 valence electrons. The summed E-state index contributed by atoms with van der Waals surface area (Å²) in [5, 5.41) is 26.5. The Hall–Kier alpha value is -3.66. The number of rotatable bonds is 14. The fourth-order valence-corrected chi connectivity index (χ4v) is 13.4. The second-order valence-corrected chi connectivity index (χ2v) is 23.2. The molecule has 63 heavy (non-hydrogen) atoms. The van der Waals surface area contributed by atoms with Crippen molar-refractivity contribution < 1.29 is 99.7 Å². The number of carbonyl (C=O) groups excluding carboxylic acids is 1. The van der Waals surface area contributed by atoms with E-state index in [4.69, 9.17) is 37.0 Å². The maximum Gasteiger partial charge on any atom is 0.514 e. The number of nitrogens with zero attached hydrogens (tertiary/aromatic N) is 2. The minimum atomic E-state index is -5.47. The van der Waals surface area contributed by atoms with Gasteiger partial charge < -0.3 is 48.9 Å². The van der Waals surface area contributed by atoms with E-state index in [1.165, 1.54) is 68.0 Å². The Kier molecular flexibility index (Phi) is 14.5. The molecule has 8 N–H and O–H groups in total. The standard InChI is InChI=1S/C36H41FN2O20P4/c1-21(2)52-33(40)54-29-9-5-4-8-27(29)31-56-62(48,49)36(43,63(50,51)57-31)17-25-14-24(19-39-20-25)13-22(3)53-34(41)55-30-15-26(37)10-11-28(30)32-58-60(44,45)35(42,61(46,47)59-32)16-23-7-6-12-38-18-23/h4-12,14-15,18-22,31-32,34,41-43,48-49H,13,16-17H2,1-3H3,(H2-,44,45,46,47,50,51)/p+1. The topological polar surface area (TPSA) is 330 Å². The lowest BCUT2D eigenvalue weighted by Gasteiger charge is -2.41. The van der Waals surface area contributed by atoms with Crippen molar-refractivity contribution in [3.63, 3.8) is 0 Å². The summed E-state index contributed by atoms with van der Waals surface area (Å²) in [6.45, 7) is 2.34. The third kappa shape index (κ3) is 10.6. The Morgan fingerprint density at radius 1 is 0.810 bits per heavy atom. The van der Waals surface area contributed by atoms with Crippen molar-refractivity contribution in [2.75, 3.05) is 0 Å². The summed E-state index contributed by atoms with van der Waals surface area (Å²) in [4.78, 5) is 74.6. The highest BCUT2D eigenvalue weighted by Crippen LogP contribution is 2.83. The fourth-order valence-electron chi connectivity index (χ4n) is 6.25. The molecule has 4 aromatic rings. The van der Waals surface area contributed by atoms with Gasteiger partial charge in [-0.15, -0.1) is 4.52 Å². The van der Waals surface area contributed by atoms with Crippen LogP contribution >= 0.6 is 30.7 Å². The lowest BCUT2D eigenvalue weighted by Crippen LogP contribution is -2.40. The van der Waals surface area contributed by atoms with Crippen LogP contribution in [0.3, 0.4) is 0 Å². The molecule has 4 heterocycles. The number of ether oxygens (including phenoxy) is 4. The summed E-state index contributed by atoms with van der Waals surface area (Å²) in [7, 11) is -21.7. The quantitative estimate of drug-likeness (QED) is 0.0356. The highest BCUT2D eigenvalue weighted by atomic mass is 31.3. The van der Waals surface area contributed by atoms with Gasteiger partial charge in [-0.05, 0) is 61.7 Å². The lowest BCUT2D eigenvalue weighted by atomic mass is 10.1. The van der Waals surface area contributed by atoms with Crippen molar-refractivity contribution >= 4 is 36.9 Å². The van der Waals surface area contributed by atoms with Crippen molar-refractivity contribution in [3.05, 3.63) is 119 Å². The van der Waals surface area contributed by atoms with Crippen LogP contribution in [-0.4, -0.2) is 84.8 Å². The molecule has 0 amide bonds. The Balaban J connectivity index is 1.12. The Bertz CT molecular complexity index is 2430. The Morgan fingerprint density at radius 2 is 1.44 bits per heavy atom. The molecule has 2 aliphatic heterocycles. The van der Waals surface area contributed by atoms with E-state index in [0.29, 0.717) is 11.6 Å². The van der Waals surface area contributed by atoms with Gasteiger partial charge in [-0.1, -0.05) is 30.3 Å². The van der Waals surface area contributed by atoms with Crippen LogP contribution in [0.15, 0.2) is 85.5 Å². The largest absolute Gasteiger partial charge is 0.514 e. The van der Waals surface area contributed by atoms with Gasteiger partial charge in [-0.25, -0.2) is 9.18 Å². The molecule has 2 saturated heterocycles. The van der Waals surface area contributed by atoms with E-state index < -0.39 is 108 Å². The first-order chi connectivity index (χ1) is 29.3. The molecule has 0 radical (unpaired) electrons. The van der Waals surface area contributed by atoms with Crippen molar-refractivity contribution in [2.24, 2.45) is 0 Å². The molecule has 2 aliphatic rings. The van der Waals surface area contributed by atoms with Gasteiger partial charge >= 0.3 is 48.4 Å². The second kappa shape index (κ2) is 18.7. The summed E-state index contributed by atoms with van der Waals surface area (Å²) in [6.07, 6.45) is -3.88. The summed E-state index contributed by atoms with van der Waals surface area (Å²) < 4.78 is 96.3. The highest BCUT2D eigenvalue weighted by molar-refractivity contribution is 7.76.